The van der Waals surface area contributed by atoms with Crippen LogP contribution in [0.25, 0.3) is 10.8 Å². The van der Waals surface area contributed by atoms with Gasteiger partial charge in [-0.1, -0.05) is 53.0 Å². The lowest BCUT2D eigenvalue weighted by Crippen LogP contribution is -2.48. The summed E-state index contributed by atoms with van der Waals surface area (Å²) in [6.07, 6.45) is 6.48. The third-order valence-corrected chi connectivity index (χ3v) is 6.53. The van der Waals surface area contributed by atoms with Crippen molar-refractivity contribution in [3.8, 4) is 0 Å². The molecule has 34 heavy (non-hydrogen) atoms. The van der Waals surface area contributed by atoms with Crippen LogP contribution in [0.5, 0.6) is 0 Å². The van der Waals surface area contributed by atoms with Gasteiger partial charge in [-0.2, -0.15) is 0 Å². The summed E-state index contributed by atoms with van der Waals surface area (Å²) < 4.78 is 0.431. The number of nitrogens with zero attached hydrogens (tertiary/aromatic N) is 2. The third-order valence-electron chi connectivity index (χ3n) is 6.08. The lowest BCUT2D eigenvalue weighted by Gasteiger charge is -2.34. The van der Waals surface area contributed by atoms with Crippen molar-refractivity contribution in [3.05, 3.63) is 74.5 Å². The molecule has 0 aliphatic heterocycles. The Balaban J connectivity index is 1.64. The molecule has 1 saturated carbocycles. The number of benzene rings is 2. The van der Waals surface area contributed by atoms with Crippen molar-refractivity contribution in [1.29, 1.82) is 0 Å². The van der Waals surface area contributed by atoms with Gasteiger partial charge in [0, 0.05) is 47.5 Å². The Morgan fingerprint density at radius 1 is 1.06 bits per heavy atom. The van der Waals surface area contributed by atoms with Crippen molar-refractivity contribution in [2.75, 3.05) is 12.4 Å². The Kier molecular flexibility index (Phi) is 7.06. The van der Waals surface area contributed by atoms with Gasteiger partial charge in [0.25, 0.3) is 17.5 Å². The SMILES string of the molecule is CNC(=O)c1cc(Br)cc([N+](=O)[O-])c1N[C@@H]1CCCC[C@@H]1NC(=O)c1cncc2ccccc12. The van der Waals surface area contributed by atoms with E-state index in [2.05, 4.69) is 36.9 Å². The van der Waals surface area contributed by atoms with E-state index in [0.29, 0.717) is 22.9 Å². The van der Waals surface area contributed by atoms with Crippen LogP contribution >= 0.6 is 15.9 Å². The van der Waals surface area contributed by atoms with Gasteiger partial charge in [0.05, 0.1) is 16.1 Å². The standard InChI is InChI=1S/C24H24BrN5O4/c1-26-23(31)17-10-15(25)11-21(30(33)34)22(17)28-19-8-4-5-9-20(19)29-24(32)18-13-27-12-14-6-2-3-7-16(14)18/h2-3,6-7,10-13,19-20,28H,4-5,8-9H2,1H3,(H,26,31)(H,29,32)/t19-,20+/m1/s1. The summed E-state index contributed by atoms with van der Waals surface area (Å²) in [6.45, 7) is 0. The smallest absolute Gasteiger partial charge is 0.294 e. The van der Waals surface area contributed by atoms with Crippen LogP contribution in [-0.4, -0.2) is 40.9 Å². The molecule has 3 N–H and O–H groups in total. The van der Waals surface area contributed by atoms with Gasteiger partial charge in [-0.3, -0.25) is 24.7 Å². The number of hydrogen-bond acceptors (Lipinski definition) is 6. The molecular weight excluding hydrogens is 502 g/mol. The Labute approximate surface area is 204 Å². The number of carbonyl (C=O) groups is 2. The number of amides is 2. The quantitative estimate of drug-likeness (QED) is 0.323. The third kappa shape index (κ3) is 4.86. The fourth-order valence-electron chi connectivity index (χ4n) is 4.41. The Morgan fingerprint density at radius 3 is 2.53 bits per heavy atom. The Bertz CT molecular complexity index is 1260. The molecule has 10 heteroatoms. The minimum absolute atomic E-state index is 0.144. The molecule has 2 atom stereocenters. The van der Waals surface area contributed by atoms with E-state index in [1.54, 1.807) is 18.5 Å². The topological polar surface area (TPSA) is 126 Å². The summed E-state index contributed by atoms with van der Waals surface area (Å²) in [5.41, 5.74) is 0.577. The molecule has 2 amide bonds. The van der Waals surface area contributed by atoms with E-state index in [4.69, 9.17) is 0 Å². The second kappa shape index (κ2) is 10.2. The van der Waals surface area contributed by atoms with E-state index < -0.39 is 10.8 Å². The first kappa shape index (κ1) is 23.6. The first-order valence-electron chi connectivity index (χ1n) is 11.0. The van der Waals surface area contributed by atoms with Gasteiger partial charge in [0.2, 0.25) is 0 Å². The molecule has 2 aromatic carbocycles. The van der Waals surface area contributed by atoms with Crippen molar-refractivity contribution in [3.63, 3.8) is 0 Å². The van der Waals surface area contributed by atoms with E-state index in [1.165, 1.54) is 13.1 Å². The number of hydrogen-bond donors (Lipinski definition) is 3. The largest absolute Gasteiger partial charge is 0.374 e. The summed E-state index contributed by atoms with van der Waals surface area (Å²) in [5, 5.41) is 22.3. The van der Waals surface area contributed by atoms with Gasteiger partial charge in [-0.25, -0.2) is 0 Å². The number of nitro benzene ring substituents is 1. The number of halogens is 1. The summed E-state index contributed by atoms with van der Waals surface area (Å²) in [4.78, 5) is 41.2. The first-order chi connectivity index (χ1) is 16.4. The molecule has 1 heterocycles. The molecule has 1 fully saturated rings. The van der Waals surface area contributed by atoms with Gasteiger partial charge in [0.15, 0.2) is 0 Å². The lowest BCUT2D eigenvalue weighted by atomic mass is 9.89. The van der Waals surface area contributed by atoms with Crippen molar-refractivity contribution < 1.29 is 14.5 Å². The highest BCUT2D eigenvalue weighted by atomic mass is 79.9. The summed E-state index contributed by atoms with van der Waals surface area (Å²) >= 11 is 3.25. The van der Waals surface area contributed by atoms with E-state index in [1.807, 2.05) is 24.3 Å². The van der Waals surface area contributed by atoms with Crippen molar-refractivity contribution >= 4 is 49.9 Å². The molecular formula is C24H24BrN5O4. The second-order valence-electron chi connectivity index (χ2n) is 8.21. The monoisotopic (exact) mass is 525 g/mol. The predicted octanol–water partition coefficient (Wildman–Crippen LogP) is 4.42. The van der Waals surface area contributed by atoms with Crippen LogP contribution in [0.2, 0.25) is 0 Å². The van der Waals surface area contributed by atoms with Crippen molar-refractivity contribution in [2.45, 2.75) is 37.8 Å². The van der Waals surface area contributed by atoms with Crippen LogP contribution in [-0.2, 0) is 0 Å². The van der Waals surface area contributed by atoms with Gasteiger partial charge in [-0.15, -0.1) is 0 Å². The van der Waals surface area contributed by atoms with E-state index in [9.17, 15) is 19.7 Å². The Hall–Kier alpha value is -3.53. The average molecular weight is 526 g/mol. The molecule has 0 radical (unpaired) electrons. The average Bonchev–Trinajstić information content (AvgIpc) is 2.84. The second-order valence-corrected chi connectivity index (χ2v) is 9.12. The minimum Gasteiger partial charge on any atom is -0.374 e. The van der Waals surface area contributed by atoms with Crippen LogP contribution in [0, 0.1) is 10.1 Å². The molecule has 1 aliphatic rings. The van der Waals surface area contributed by atoms with E-state index >= 15 is 0 Å². The number of nitro groups is 1. The summed E-state index contributed by atoms with van der Waals surface area (Å²) in [5.74, 6) is -0.690. The number of aromatic nitrogens is 1. The van der Waals surface area contributed by atoms with Gasteiger partial charge in [0.1, 0.15) is 5.69 Å². The van der Waals surface area contributed by atoms with Crippen LogP contribution in [0.3, 0.4) is 0 Å². The summed E-state index contributed by atoms with van der Waals surface area (Å²) in [6, 6.07) is 9.89. The summed E-state index contributed by atoms with van der Waals surface area (Å²) in [7, 11) is 1.47. The number of pyridine rings is 1. The number of nitrogens with one attached hydrogen (secondary N) is 3. The molecule has 0 spiro atoms. The van der Waals surface area contributed by atoms with Gasteiger partial charge >= 0.3 is 0 Å². The normalized spacial score (nSPS) is 17.7. The van der Waals surface area contributed by atoms with E-state index in [-0.39, 0.29) is 34.9 Å². The first-order valence-corrected chi connectivity index (χ1v) is 11.8. The maximum Gasteiger partial charge on any atom is 0.294 e. The predicted molar refractivity (Wildman–Crippen MR) is 133 cm³/mol. The van der Waals surface area contributed by atoms with Crippen molar-refractivity contribution in [2.24, 2.45) is 0 Å². The molecule has 0 saturated heterocycles. The molecule has 3 aromatic rings. The highest BCUT2D eigenvalue weighted by Gasteiger charge is 2.31. The van der Waals surface area contributed by atoms with Gasteiger partial charge in [-0.05, 0) is 24.3 Å². The molecule has 1 aliphatic carbocycles. The molecule has 176 valence electrons. The maximum atomic E-state index is 13.2. The zero-order valence-electron chi connectivity index (χ0n) is 18.5. The number of rotatable bonds is 6. The highest BCUT2D eigenvalue weighted by molar-refractivity contribution is 9.10. The lowest BCUT2D eigenvalue weighted by molar-refractivity contribution is -0.384. The van der Waals surface area contributed by atoms with Crippen LogP contribution in [0.1, 0.15) is 46.4 Å². The molecule has 0 bridgehead atoms. The molecule has 1 aromatic heterocycles. The Morgan fingerprint density at radius 2 is 1.79 bits per heavy atom. The molecule has 0 unspecified atom stereocenters. The number of anilines is 1. The van der Waals surface area contributed by atoms with E-state index in [0.717, 1.165) is 23.6 Å². The minimum atomic E-state index is -0.516. The fourth-order valence-corrected chi connectivity index (χ4v) is 4.85. The zero-order chi connectivity index (χ0) is 24.2. The number of fused-ring (bicyclic) bond motifs is 1. The highest BCUT2D eigenvalue weighted by Crippen LogP contribution is 2.35. The molecule has 9 nitrogen and oxygen atoms in total. The maximum absolute atomic E-state index is 13.2. The number of carbonyl (C=O) groups excluding carboxylic acids is 2. The zero-order valence-corrected chi connectivity index (χ0v) is 20.1. The van der Waals surface area contributed by atoms with Gasteiger partial charge < -0.3 is 16.0 Å². The fraction of sp³-hybridized carbons (Fsp3) is 0.292. The van der Waals surface area contributed by atoms with Crippen LogP contribution in [0.4, 0.5) is 11.4 Å². The van der Waals surface area contributed by atoms with Crippen LogP contribution in [0.15, 0.2) is 53.3 Å². The molecule has 4 rings (SSSR count). The van der Waals surface area contributed by atoms with Crippen LogP contribution < -0.4 is 16.0 Å². The van der Waals surface area contributed by atoms with Crippen molar-refractivity contribution in [1.82, 2.24) is 15.6 Å².